The van der Waals surface area contributed by atoms with Crippen LogP contribution in [0.2, 0.25) is 0 Å². The van der Waals surface area contributed by atoms with Gasteiger partial charge < -0.3 is 24.8 Å². The van der Waals surface area contributed by atoms with Crippen molar-refractivity contribution in [2.75, 3.05) is 46.1 Å². The van der Waals surface area contributed by atoms with Gasteiger partial charge in [0.2, 0.25) is 0 Å². The molecule has 1 fully saturated rings. The summed E-state index contributed by atoms with van der Waals surface area (Å²) in [5.74, 6) is 5.84. The number of ketones is 3. The lowest BCUT2D eigenvalue weighted by Crippen LogP contribution is -2.35. The molecule has 1 unspecified atom stereocenters. The van der Waals surface area contributed by atoms with Gasteiger partial charge in [-0.05, 0) is 57.3 Å². The van der Waals surface area contributed by atoms with Crippen molar-refractivity contribution in [3.63, 3.8) is 0 Å². The fourth-order valence-electron chi connectivity index (χ4n) is 8.27. The molecule has 58 heavy (non-hydrogen) atoms. The van der Waals surface area contributed by atoms with Crippen molar-refractivity contribution in [1.82, 2.24) is 10.6 Å². The largest absolute Gasteiger partial charge is 0.449 e. The summed E-state index contributed by atoms with van der Waals surface area (Å²) in [6.07, 6.45) is 1.10. The monoisotopic (exact) mass is 778 g/mol. The number of alkyl carbamates (subject to hydrolysis) is 1. The van der Waals surface area contributed by atoms with E-state index in [4.69, 9.17) is 14.2 Å². The van der Waals surface area contributed by atoms with Gasteiger partial charge in [0.05, 0.1) is 32.0 Å². The zero-order chi connectivity index (χ0) is 40.5. The normalized spacial score (nSPS) is 16.4. The summed E-state index contributed by atoms with van der Waals surface area (Å²) in [4.78, 5) is 53.0. The first kappa shape index (κ1) is 40.4. The number of carbonyl (C=O) groups excluding carboxylic acids is 4. The molecular weight excluding hydrogens is 729 g/mol. The van der Waals surface area contributed by atoms with E-state index < -0.39 is 11.5 Å². The van der Waals surface area contributed by atoms with Crippen LogP contribution in [-0.4, -0.2) is 69.6 Å². The van der Waals surface area contributed by atoms with Gasteiger partial charge in [-0.3, -0.25) is 14.4 Å². The van der Waals surface area contributed by atoms with E-state index in [-0.39, 0.29) is 93.5 Å². The van der Waals surface area contributed by atoms with E-state index in [9.17, 15) is 19.2 Å². The summed E-state index contributed by atoms with van der Waals surface area (Å²) in [5, 5.41) is 6.06. The molecule has 0 radical (unpaired) electrons. The van der Waals surface area contributed by atoms with Crippen LogP contribution >= 0.6 is 0 Å². The molecule has 0 heterocycles. The van der Waals surface area contributed by atoms with Crippen molar-refractivity contribution < 1.29 is 33.4 Å². The Morgan fingerprint density at radius 2 is 1.26 bits per heavy atom. The Kier molecular flexibility index (Phi) is 13.0. The van der Waals surface area contributed by atoms with Crippen LogP contribution in [0.1, 0.15) is 84.7 Å². The van der Waals surface area contributed by atoms with Crippen LogP contribution in [0.15, 0.2) is 108 Å². The predicted octanol–water partition coefficient (Wildman–Crippen LogP) is 7.45. The third-order valence-electron chi connectivity index (χ3n) is 11.1. The summed E-state index contributed by atoms with van der Waals surface area (Å²) >= 11 is 0. The number of fused-ring (bicyclic) bond motifs is 5. The average Bonchev–Trinajstić information content (AvgIpc) is 3.52. The van der Waals surface area contributed by atoms with Crippen molar-refractivity contribution >= 4 is 23.4 Å². The molecule has 0 aliphatic heterocycles. The van der Waals surface area contributed by atoms with Gasteiger partial charge in [-0.25, -0.2) is 4.79 Å². The second-order valence-corrected chi connectivity index (χ2v) is 15.8. The molecule has 1 amide bonds. The molecule has 2 N–H and O–H groups in total. The molecule has 0 bridgehead atoms. The SMILES string of the molecule is CC1(C)CC(=O)C(=C(CCOCCOCCNC(=O)OCC2c3ccccc3-c3ccccc32)NCCC(=O)C2Cc3ccccc3C#Cc3ccccc32)C(=O)C1. The molecule has 9 heteroatoms. The first-order valence-corrected chi connectivity index (χ1v) is 20.2. The van der Waals surface area contributed by atoms with Crippen LogP contribution in [0, 0.1) is 17.3 Å². The Labute approximate surface area is 340 Å². The van der Waals surface area contributed by atoms with Gasteiger partial charge >= 0.3 is 6.09 Å². The summed E-state index contributed by atoms with van der Waals surface area (Å²) in [6.45, 7) is 5.75. The fourth-order valence-corrected chi connectivity index (χ4v) is 8.27. The molecule has 1 atom stereocenters. The van der Waals surface area contributed by atoms with E-state index in [1.807, 2.05) is 86.6 Å². The van der Waals surface area contributed by atoms with E-state index in [1.54, 1.807) is 0 Å². The highest BCUT2D eigenvalue weighted by molar-refractivity contribution is 6.22. The molecule has 0 aromatic heterocycles. The quantitative estimate of drug-likeness (QED) is 0.0522. The van der Waals surface area contributed by atoms with E-state index in [0.717, 1.165) is 33.4 Å². The van der Waals surface area contributed by atoms with Crippen LogP contribution in [0.3, 0.4) is 0 Å². The minimum atomic E-state index is -0.499. The summed E-state index contributed by atoms with van der Waals surface area (Å²) < 4.78 is 17.1. The average molecular weight is 779 g/mol. The number of allylic oxidation sites excluding steroid dienone is 1. The van der Waals surface area contributed by atoms with Gasteiger partial charge in [0.1, 0.15) is 12.4 Å². The topological polar surface area (TPSA) is 120 Å². The van der Waals surface area contributed by atoms with Crippen LogP contribution in [-0.2, 0) is 35.0 Å². The zero-order valence-electron chi connectivity index (χ0n) is 33.2. The van der Waals surface area contributed by atoms with Crippen LogP contribution < -0.4 is 10.6 Å². The highest BCUT2D eigenvalue weighted by Gasteiger charge is 2.37. The van der Waals surface area contributed by atoms with Crippen molar-refractivity contribution in [2.24, 2.45) is 5.41 Å². The van der Waals surface area contributed by atoms with Gasteiger partial charge in [0, 0.05) is 67.4 Å². The standard InChI is InChI=1S/C49H50N2O7/c1-49(2)30-45(53)47(46(54)31-49)43(50-23-21-44(52)41-29-35-13-4-3-11-33(35)19-20-34-12-5-6-14-36(34)41)22-25-56-27-28-57-26-24-51-48(55)58-32-42-39-17-9-7-15-37(39)38-16-8-10-18-40(38)42/h3-18,41-42,50H,21-32H2,1-2H3,(H,51,55). The highest BCUT2D eigenvalue weighted by Crippen LogP contribution is 2.44. The van der Waals surface area contributed by atoms with E-state index in [0.29, 0.717) is 25.1 Å². The minimum absolute atomic E-state index is 0.00917. The summed E-state index contributed by atoms with van der Waals surface area (Å²) in [7, 11) is 0. The molecule has 1 saturated carbocycles. The summed E-state index contributed by atoms with van der Waals surface area (Å²) in [6, 6.07) is 32.1. The zero-order valence-corrected chi connectivity index (χ0v) is 33.2. The smallest absolute Gasteiger partial charge is 0.407 e. The molecule has 4 aromatic rings. The summed E-state index contributed by atoms with van der Waals surface area (Å²) in [5.41, 5.74) is 8.68. The van der Waals surface area contributed by atoms with Crippen molar-refractivity contribution in [3.05, 3.63) is 142 Å². The predicted molar refractivity (Wildman–Crippen MR) is 222 cm³/mol. The van der Waals surface area contributed by atoms with Gasteiger partial charge in [-0.2, -0.15) is 0 Å². The molecule has 3 aliphatic carbocycles. The van der Waals surface area contributed by atoms with Crippen molar-refractivity contribution in [2.45, 2.75) is 57.8 Å². The lowest BCUT2D eigenvalue weighted by molar-refractivity contribution is -0.127. The maximum absolute atomic E-state index is 13.9. The van der Waals surface area contributed by atoms with Crippen LogP contribution in [0.4, 0.5) is 4.79 Å². The second-order valence-electron chi connectivity index (χ2n) is 15.8. The minimum Gasteiger partial charge on any atom is -0.449 e. The molecule has 9 nitrogen and oxygen atoms in total. The number of hydrogen-bond acceptors (Lipinski definition) is 8. The van der Waals surface area contributed by atoms with Gasteiger partial charge in [-0.15, -0.1) is 0 Å². The molecule has 298 valence electrons. The Morgan fingerprint density at radius 3 is 1.97 bits per heavy atom. The maximum atomic E-state index is 13.9. The number of hydrogen-bond donors (Lipinski definition) is 2. The van der Waals surface area contributed by atoms with E-state index >= 15 is 0 Å². The van der Waals surface area contributed by atoms with E-state index in [2.05, 4.69) is 46.7 Å². The lowest BCUT2D eigenvalue weighted by atomic mass is 9.73. The molecular formula is C49H50N2O7. The third kappa shape index (κ3) is 9.64. The van der Waals surface area contributed by atoms with E-state index in [1.165, 1.54) is 11.1 Å². The lowest BCUT2D eigenvalue weighted by Gasteiger charge is -2.30. The molecule has 7 rings (SSSR count). The van der Waals surface area contributed by atoms with Crippen molar-refractivity contribution in [1.29, 1.82) is 0 Å². The Hall–Kier alpha value is -5.82. The van der Waals surface area contributed by atoms with Crippen LogP contribution in [0.25, 0.3) is 11.1 Å². The first-order valence-electron chi connectivity index (χ1n) is 20.2. The number of carbonyl (C=O) groups is 4. The Bertz CT molecular complexity index is 2210. The number of benzene rings is 4. The molecule has 0 saturated heterocycles. The van der Waals surface area contributed by atoms with Gasteiger partial charge in [0.15, 0.2) is 11.6 Å². The highest BCUT2D eigenvalue weighted by atomic mass is 16.6. The number of amides is 1. The number of rotatable bonds is 16. The molecule has 4 aromatic carbocycles. The maximum Gasteiger partial charge on any atom is 0.407 e. The third-order valence-corrected chi connectivity index (χ3v) is 11.1. The number of ether oxygens (including phenoxy) is 3. The van der Waals surface area contributed by atoms with Crippen LogP contribution in [0.5, 0.6) is 0 Å². The molecule has 3 aliphatic rings. The first-order chi connectivity index (χ1) is 28.2. The number of nitrogens with one attached hydrogen (secondary N) is 2. The van der Waals surface area contributed by atoms with Gasteiger partial charge in [0.25, 0.3) is 0 Å². The Morgan fingerprint density at radius 1 is 0.672 bits per heavy atom. The fraction of sp³-hybridized carbons (Fsp3) is 0.347. The number of Topliss-reactive ketones (excluding diaryl/α,β-unsaturated/α-hetero) is 3. The van der Waals surface area contributed by atoms with Gasteiger partial charge in [-0.1, -0.05) is 111 Å². The Balaban J connectivity index is 0.864. The van der Waals surface area contributed by atoms with Crippen molar-refractivity contribution in [3.8, 4) is 23.0 Å². The molecule has 0 spiro atoms. The second kappa shape index (κ2) is 18.6.